The van der Waals surface area contributed by atoms with E-state index in [0.29, 0.717) is 18.0 Å². The molecule has 4 nitrogen and oxygen atoms in total. The molecule has 1 N–H and O–H groups in total. The van der Waals surface area contributed by atoms with Crippen molar-refractivity contribution in [2.24, 2.45) is 0 Å². The van der Waals surface area contributed by atoms with Crippen LogP contribution in [0.1, 0.15) is 35.7 Å². The van der Waals surface area contributed by atoms with Crippen LogP contribution in [-0.2, 0) is 0 Å². The normalized spacial score (nSPS) is 10.2. The summed E-state index contributed by atoms with van der Waals surface area (Å²) in [6.07, 6.45) is 3.85. The minimum absolute atomic E-state index is 0.175. The van der Waals surface area contributed by atoms with Gasteiger partial charge in [0.25, 0.3) is 5.91 Å². The van der Waals surface area contributed by atoms with Gasteiger partial charge in [-0.05, 0) is 49.2 Å². The van der Waals surface area contributed by atoms with Crippen LogP contribution in [0.3, 0.4) is 0 Å². The lowest BCUT2D eigenvalue weighted by molar-refractivity contribution is 0.102. The number of carbonyl (C=O) groups excluding carboxylic acids is 1. The predicted molar refractivity (Wildman–Crippen MR) is 83.8 cm³/mol. The van der Waals surface area contributed by atoms with Gasteiger partial charge in [0, 0.05) is 11.8 Å². The van der Waals surface area contributed by atoms with Crippen molar-refractivity contribution in [3.63, 3.8) is 0 Å². The molecule has 1 aromatic heterocycles. The molecular formula is C17H20N2O2. The number of rotatable bonds is 6. The highest BCUT2D eigenvalue weighted by atomic mass is 16.5. The summed E-state index contributed by atoms with van der Waals surface area (Å²) in [7, 11) is 0. The van der Waals surface area contributed by atoms with Gasteiger partial charge in [-0.2, -0.15) is 0 Å². The van der Waals surface area contributed by atoms with Gasteiger partial charge in [-0.1, -0.05) is 19.4 Å². The van der Waals surface area contributed by atoms with E-state index < -0.39 is 0 Å². The van der Waals surface area contributed by atoms with Crippen LogP contribution in [0.25, 0.3) is 0 Å². The van der Waals surface area contributed by atoms with Crippen molar-refractivity contribution < 1.29 is 9.53 Å². The molecule has 21 heavy (non-hydrogen) atoms. The average molecular weight is 284 g/mol. The predicted octanol–water partition coefficient (Wildman–Crippen LogP) is 3.82. The summed E-state index contributed by atoms with van der Waals surface area (Å²) in [6, 6.07) is 10.8. The molecule has 0 unspecified atom stereocenters. The Bertz CT molecular complexity index is 577. The summed E-state index contributed by atoms with van der Waals surface area (Å²) in [5, 5.41) is 2.77. The van der Waals surface area contributed by atoms with Crippen molar-refractivity contribution in [1.82, 2.24) is 4.98 Å². The van der Waals surface area contributed by atoms with Crippen molar-refractivity contribution in [3.05, 3.63) is 53.7 Å². The van der Waals surface area contributed by atoms with Crippen molar-refractivity contribution in [1.29, 1.82) is 0 Å². The Hall–Kier alpha value is -2.36. The van der Waals surface area contributed by atoms with E-state index in [0.717, 1.165) is 24.2 Å². The Kier molecular flexibility index (Phi) is 5.32. The van der Waals surface area contributed by atoms with Gasteiger partial charge in [-0.15, -0.1) is 0 Å². The largest absolute Gasteiger partial charge is 0.494 e. The van der Waals surface area contributed by atoms with Crippen LogP contribution in [0, 0.1) is 6.92 Å². The highest BCUT2D eigenvalue weighted by molar-refractivity contribution is 6.03. The number of benzene rings is 1. The second kappa shape index (κ2) is 7.43. The molecule has 2 rings (SSSR count). The summed E-state index contributed by atoms with van der Waals surface area (Å²) >= 11 is 0. The van der Waals surface area contributed by atoms with E-state index in [1.807, 2.05) is 25.1 Å². The molecule has 0 spiro atoms. The number of aryl methyl sites for hydroxylation is 1. The number of pyridine rings is 1. The van der Waals surface area contributed by atoms with Crippen molar-refractivity contribution in [2.45, 2.75) is 26.7 Å². The summed E-state index contributed by atoms with van der Waals surface area (Å²) in [5.41, 5.74) is 1.64. The smallest absolute Gasteiger partial charge is 0.256 e. The molecule has 0 aliphatic heterocycles. The minimum Gasteiger partial charge on any atom is -0.494 e. The SMILES string of the molecule is CCCCOc1ccc(C(=O)Nc2ccc(C)cn2)cc1. The average Bonchev–Trinajstić information content (AvgIpc) is 2.50. The van der Waals surface area contributed by atoms with Gasteiger partial charge in [-0.25, -0.2) is 4.98 Å². The fourth-order valence-corrected chi connectivity index (χ4v) is 1.77. The number of unbranched alkanes of at least 4 members (excludes halogenated alkanes) is 1. The highest BCUT2D eigenvalue weighted by Gasteiger charge is 2.06. The number of amides is 1. The van der Waals surface area contributed by atoms with Crippen LogP contribution >= 0.6 is 0 Å². The molecule has 110 valence electrons. The molecule has 0 radical (unpaired) electrons. The topological polar surface area (TPSA) is 51.2 Å². The third kappa shape index (κ3) is 4.60. The van der Waals surface area contributed by atoms with Crippen LogP contribution in [0.15, 0.2) is 42.6 Å². The van der Waals surface area contributed by atoms with E-state index in [4.69, 9.17) is 4.74 Å². The van der Waals surface area contributed by atoms with E-state index in [1.165, 1.54) is 0 Å². The highest BCUT2D eigenvalue weighted by Crippen LogP contribution is 2.14. The van der Waals surface area contributed by atoms with Gasteiger partial charge < -0.3 is 10.1 Å². The number of aromatic nitrogens is 1. The Balaban J connectivity index is 1.94. The zero-order valence-corrected chi connectivity index (χ0v) is 12.4. The first-order valence-electron chi connectivity index (χ1n) is 7.16. The van der Waals surface area contributed by atoms with Gasteiger partial charge in [0.2, 0.25) is 0 Å². The summed E-state index contributed by atoms with van der Waals surface area (Å²) in [4.78, 5) is 16.2. The maximum atomic E-state index is 12.1. The zero-order chi connectivity index (χ0) is 15.1. The first kappa shape index (κ1) is 15.0. The van der Waals surface area contributed by atoms with E-state index in [1.54, 1.807) is 24.4 Å². The molecule has 1 heterocycles. The molecular weight excluding hydrogens is 264 g/mol. The van der Waals surface area contributed by atoms with Crippen LogP contribution < -0.4 is 10.1 Å². The standard InChI is InChI=1S/C17H20N2O2/c1-3-4-11-21-15-8-6-14(7-9-15)17(20)19-16-10-5-13(2)12-18-16/h5-10,12H,3-4,11H2,1-2H3,(H,18,19,20). The minimum atomic E-state index is -0.175. The molecule has 0 aliphatic rings. The van der Waals surface area contributed by atoms with E-state index in [2.05, 4.69) is 17.2 Å². The molecule has 2 aromatic rings. The number of nitrogens with zero attached hydrogens (tertiary/aromatic N) is 1. The number of hydrogen-bond acceptors (Lipinski definition) is 3. The second-order valence-corrected chi connectivity index (χ2v) is 4.90. The number of ether oxygens (including phenoxy) is 1. The van der Waals surface area contributed by atoms with Crippen LogP contribution in [0.2, 0.25) is 0 Å². The Morgan fingerprint density at radius 1 is 1.19 bits per heavy atom. The number of carbonyl (C=O) groups is 1. The Morgan fingerprint density at radius 2 is 1.95 bits per heavy atom. The maximum absolute atomic E-state index is 12.1. The summed E-state index contributed by atoms with van der Waals surface area (Å²) in [5.74, 6) is 1.16. The molecule has 1 amide bonds. The van der Waals surface area contributed by atoms with Gasteiger partial charge in [0.05, 0.1) is 6.61 Å². The monoisotopic (exact) mass is 284 g/mol. The summed E-state index contributed by atoms with van der Waals surface area (Å²) < 4.78 is 5.57. The number of hydrogen-bond donors (Lipinski definition) is 1. The maximum Gasteiger partial charge on any atom is 0.256 e. The molecule has 0 saturated carbocycles. The molecule has 0 bridgehead atoms. The lowest BCUT2D eigenvalue weighted by atomic mass is 10.2. The van der Waals surface area contributed by atoms with Crippen LogP contribution in [0.4, 0.5) is 5.82 Å². The van der Waals surface area contributed by atoms with Gasteiger partial charge in [0.15, 0.2) is 0 Å². The molecule has 0 aliphatic carbocycles. The Labute approximate surface area is 125 Å². The van der Waals surface area contributed by atoms with Gasteiger partial charge >= 0.3 is 0 Å². The fourth-order valence-electron chi connectivity index (χ4n) is 1.77. The molecule has 0 saturated heterocycles. The van der Waals surface area contributed by atoms with Crippen molar-refractivity contribution >= 4 is 11.7 Å². The third-order valence-electron chi connectivity index (χ3n) is 3.04. The van der Waals surface area contributed by atoms with Crippen LogP contribution in [0.5, 0.6) is 5.75 Å². The summed E-state index contributed by atoms with van der Waals surface area (Å²) in [6.45, 7) is 4.78. The fraction of sp³-hybridized carbons (Fsp3) is 0.294. The quantitative estimate of drug-likeness (QED) is 0.820. The first-order chi connectivity index (χ1) is 10.2. The lowest BCUT2D eigenvalue weighted by Crippen LogP contribution is -2.12. The molecule has 0 atom stereocenters. The third-order valence-corrected chi connectivity index (χ3v) is 3.04. The van der Waals surface area contributed by atoms with Crippen molar-refractivity contribution in [2.75, 3.05) is 11.9 Å². The van der Waals surface area contributed by atoms with E-state index >= 15 is 0 Å². The molecule has 1 aromatic carbocycles. The van der Waals surface area contributed by atoms with Crippen LogP contribution in [-0.4, -0.2) is 17.5 Å². The molecule has 4 heteroatoms. The van der Waals surface area contributed by atoms with Crippen molar-refractivity contribution in [3.8, 4) is 5.75 Å². The zero-order valence-electron chi connectivity index (χ0n) is 12.4. The number of nitrogens with one attached hydrogen (secondary N) is 1. The number of anilines is 1. The molecule has 0 fully saturated rings. The van der Waals surface area contributed by atoms with Gasteiger partial charge in [-0.3, -0.25) is 4.79 Å². The van der Waals surface area contributed by atoms with E-state index in [9.17, 15) is 4.79 Å². The Morgan fingerprint density at radius 3 is 2.57 bits per heavy atom. The van der Waals surface area contributed by atoms with Gasteiger partial charge in [0.1, 0.15) is 11.6 Å². The second-order valence-electron chi connectivity index (χ2n) is 4.90. The lowest BCUT2D eigenvalue weighted by Gasteiger charge is -2.07. The first-order valence-corrected chi connectivity index (χ1v) is 7.16. The van der Waals surface area contributed by atoms with E-state index in [-0.39, 0.29) is 5.91 Å².